The summed E-state index contributed by atoms with van der Waals surface area (Å²) in [6.45, 7) is 6.77. The van der Waals surface area contributed by atoms with Gasteiger partial charge >= 0.3 is 0 Å². The van der Waals surface area contributed by atoms with Crippen molar-refractivity contribution in [3.8, 4) is 0 Å². The van der Waals surface area contributed by atoms with Gasteiger partial charge in [0.05, 0.1) is 16.3 Å². The standard InChI is InChI=1S/C14H25N3O3S/c1-4-16-21(19,20)12-6-7-13(15)14(10-12)17(11(2)3)8-5-9-18/h6-7,10-11,16,18H,4-5,8-9,15H2,1-3H3. The Kier molecular flexibility index (Phi) is 6.44. The van der Waals surface area contributed by atoms with Crippen molar-refractivity contribution in [2.45, 2.75) is 38.1 Å². The molecule has 1 aromatic carbocycles. The van der Waals surface area contributed by atoms with Gasteiger partial charge in [0, 0.05) is 25.7 Å². The maximum absolute atomic E-state index is 12.1. The molecule has 0 fully saturated rings. The van der Waals surface area contributed by atoms with Crippen LogP contribution in [0.1, 0.15) is 27.2 Å². The second kappa shape index (κ2) is 7.63. The third kappa shape index (κ3) is 4.59. The van der Waals surface area contributed by atoms with Gasteiger partial charge in [0.25, 0.3) is 0 Å². The third-order valence-corrected chi connectivity index (χ3v) is 4.68. The molecule has 0 aliphatic carbocycles. The number of nitrogens with one attached hydrogen (secondary N) is 1. The fourth-order valence-corrected chi connectivity index (χ4v) is 3.17. The van der Waals surface area contributed by atoms with Gasteiger partial charge in [0.2, 0.25) is 10.0 Å². The molecule has 120 valence electrons. The predicted molar refractivity (Wildman–Crippen MR) is 85.9 cm³/mol. The van der Waals surface area contributed by atoms with Crippen molar-refractivity contribution in [1.82, 2.24) is 4.72 Å². The molecule has 0 radical (unpaired) electrons. The van der Waals surface area contributed by atoms with E-state index in [9.17, 15) is 8.42 Å². The fraction of sp³-hybridized carbons (Fsp3) is 0.571. The zero-order chi connectivity index (χ0) is 16.0. The van der Waals surface area contributed by atoms with Crippen molar-refractivity contribution < 1.29 is 13.5 Å². The van der Waals surface area contributed by atoms with Crippen LogP contribution in [0, 0.1) is 0 Å². The SMILES string of the molecule is CCNS(=O)(=O)c1ccc(N)c(N(CCCO)C(C)C)c1. The van der Waals surface area contributed by atoms with E-state index in [1.807, 2.05) is 18.7 Å². The molecule has 0 aliphatic heterocycles. The average Bonchev–Trinajstić information content (AvgIpc) is 2.40. The topological polar surface area (TPSA) is 95.7 Å². The highest BCUT2D eigenvalue weighted by Crippen LogP contribution is 2.28. The molecule has 1 rings (SSSR count). The lowest BCUT2D eigenvalue weighted by Gasteiger charge is -2.30. The van der Waals surface area contributed by atoms with Gasteiger partial charge in [-0.3, -0.25) is 0 Å². The van der Waals surface area contributed by atoms with Crippen molar-refractivity contribution in [2.75, 3.05) is 30.3 Å². The molecule has 6 nitrogen and oxygen atoms in total. The lowest BCUT2D eigenvalue weighted by atomic mass is 10.2. The van der Waals surface area contributed by atoms with E-state index in [-0.39, 0.29) is 17.5 Å². The third-order valence-electron chi connectivity index (χ3n) is 3.14. The molecule has 0 saturated carbocycles. The minimum absolute atomic E-state index is 0.0818. The van der Waals surface area contributed by atoms with Gasteiger partial charge in [0.1, 0.15) is 0 Å². The van der Waals surface area contributed by atoms with Crippen LogP contribution in [0.25, 0.3) is 0 Å². The molecule has 0 amide bonds. The number of hydrogen-bond acceptors (Lipinski definition) is 5. The van der Waals surface area contributed by atoms with E-state index < -0.39 is 10.0 Å². The van der Waals surface area contributed by atoms with Crippen LogP contribution in [0.15, 0.2) is 23.1 Å². The molecule has 0 heterocycles. The number of nitrogen functional groups attached to an aromatic ring is 1. The van der Waals surface area contributed by atoms with E-state index in [1.165, 1.54) is 6.07 Å². The van der Waals surface area contributed by atoms with Gasteiger partial charge in [-0.15, -0.1) is 0 Å². The number of sulfonamides is 1. The number of rotatable bonds is 8. The number of anilines is 2. The molecule has 0 spiro atoms. The van der Waals surface area contributed by atoms with Gasteiger partial charge in [0.15, 0.2) is 0 Å². The second-order valence-electron chi connectivity index (χ2n) is 5.09. The average molecular weight is 315 g/mol. The first-order valence-electron chi connectivity index (χ1n) is 7.10. The van der Waals surface area contributed by atoms with Crippen LogP contribution in [-0.4, -0.2) is 39.3 Å². The lowest BCUT2D eigenvalue weighted by Crippen LogP contribution is -2.33. The molecule has 0 unspecified atom stereocenters. The van der Waals surface area contributed by atoms with E-state index in [2.05, 4.69) is 4.72 Å². The van der Waals surface area contributed by atoms with Crippen molar-refractivity contribution in [2.24, 2.45) is 0 Å². The van der Waals surface area contributed by atoms with Crippen LogP contribution in [0.5, 0.6) is 0 Å². The molecule has 21 heavy (non-hydrogen) atoms. The van der Waals surface area contributed by atoms with E-state index in [4.69, 9.17) is 10.8 Å². The number of nitrogens with zero attached hydrogens (tertiary/aromatic N) is 1. The Bertz CT molecular complexity index is 559. The lowest BCUT2D eigenvalue weighted by molar-refractivity contribution is 0.288. The van der Waals surface area contributed by atoms with Gasteiger partial charge in [-0.05, 0) is 38.5 Å². The number of aliphatic hydroxyl groups is 1. The van der Waals surface area contributed by atoms with E-state index >= 15 is 0 Å². The zero-order valence-corrected chi connectivity index (χ0v) is 13.7. The normalized spacial score (nSPS) is 11.9. The molecular weight excluding hydrogens is 290 g/mol. The van der Waals surface area contributed by atoms with E-state index in [0.29, 0.717) is 30.9 Å². The summed E-state index contributed by atoms with van der Waals surface area (Å²) in [5.41, 5.74) is 7.20. The van der Waals surface area contributed by atoms with Crippen molar-refractivity contribution in [3.05, 3.63) is 18.2 Å². The van der Waals surface area contributed by atoms with Gasteiger partial charge in [-0.25, -0.2) is 13.1 Å². The van der Waals surface area contributed by atoms with Crippen LogP contribution in [-0.2, 0) is 10.0 Å². The highest BCUT2D eigenvalue weighted by molar-refractivity contribution is 7.89. The minimum atomic E-state index is -3.51. The van der Waals surface area contributed by atoms with E-state index in [1.54, 1.807) is 19.1 Å². The quantitative estimate of drug-likeness (QED) is 0.626. The fourth-order valence-electron chi connectivity index (χ4n) is 2.11. The Morgan fingerprint density at radius 3 is 2.57 bits per heavy atom. The number of nitrogens with two attached hydrogens (primary N) is 1. The first-order valence-corrected chi connectivity index (χ1v) is 8.58. The summed E-state index contributed by atoms with van der Waals surface area (Å²) in [6, 6.07) is 4.84. The summed E-state index contributed by atoms with van der Waals surface area (Å²) in [4.78, 5) is 2.19. The number of aliphatic hydroxyl groups excluding tert-OH is 1. The first kappa shape index (κ1) is 17.7. The summed E-state index contributed by atoms with van der Waals surface area (Å²) in [5, 5.41) is 9.00. The molecular formula is C14H25N3O3S. The highest BCUT2D eigenvalue weighted by atomic mass is 32.2. The smallest absolute Gasteiger partial charge is 0.240 e. The Morgan fingerprint density at radius 1 is 1.38 bits per heavy atom. The zero-order valence-electron chi connectivity index (χ0n) is 12.8. The molecule has 1 aromatic rings. The predicted octanol–water partition coefficient (Wildman–Crippen LogP) is 1.16. The summed E-state index contributed by atoms with van der Waals surface area (Å²) in [7, 11) is -3.51. The Balaban J connectivity index is 3.22. The summed E-state index contributed by atoms with van der Waals surface area (Å²) in [5.74, 6) is 0. The molecule has 0 aliphatic rings. The summed E-state index contributed by atoms with van der Waals surface area (Å²) < 4.78 is 26.7. The molecule has 0 atom stereocenters. The maximum atomic E-state index is 12.1. The van der Waals surface area contributed by atoms with Crippen LogP contribution < -0.4 is 15.4 Å². The van der Waals surface area contributed by atoms with Crippen LogP contribution in [0.2, 0.25) is 0 Å². The molecule has 4 N–H and O–H groups in total. The highest BCUT2D eigenvalue weighted by Gasteiger charge is 2.18. The second-order valence-corrected chi connectivity index (χ2v) is 6.85. The van der Waals surface area contributed by atoms with Crippen LogP contribution in [0.3, 0.4) is 0 Å². The first-order chi connectivity index (χ1) is 9.83. The minimum Gasteiger partial charge on any atom is -0.397 e. The Morgan fingerprint density at radius 2 is 2.05 bits per heavy atom. The van der Waals surface area contributed by atoms with Crippen molar-refractivity contribution in [3.63, 3.8) is 0 Å². The number of hydrogen-bond donors (Lipinski definition) is 3. The number of benzene rings is 1. The Hall–Kier alpha value is -1.31. The van der Waals surface area contributed by atoms with Crippen molar-refractivity contribution in [1.29, 1.82) is 0 Å². The monoisotopic (exact) mass is 315 g/mol. The molecule has 7 heteroatoms. The van der Waals surface area contributed by atoms with Gasteiger partial charge in [-0.2, -0.15) is 0 Å². The van der Waals surface area contributed by atoms with E-state index in [0.717, 1.165) is 0 Å². The van der Waals surface area contributed by atoms with Gasteiger partial charge in [-0.1, -0.05) is 6.92 Å². The van der Waals surface area contributed by atoms with Crippen LogP contribution >= 0.6 is 0 Å². The van der Waals surface area contributed by atoms with Gasteiger partial charge < -0.3 is 15.7 Å². The molecule has 0 saturated heterocycles. The summed E-state index contributed by atoms with van der Waals surface area (Å²) in [6.07, 6.45) is 0.599. The molecule has 0 bridgehead atoms. The van der Waals surface area contributed by atoms with Crippen molar-refractivity contribution >= 4 is 21.4 Å². The Labute approximate surface area is 127 Å². The largest absolute Gasteiger partial charge is 0.397 e. The van der Waals surface area contributed by atoms with Crippen LogP contribution in [0.4, 0.5) is 11.4 Å². The molecule has 0 aromatic heterocycles. The maximum Gasteiger partial charge on any atom is 0.240 e. The summed E-state index contributed by atoms with van der Waals surface area (Å²) >= 11 is 0.